The molecule has 0 radical (unpaired) electrons. The smallest absolute Gasteiger partial charge is 0.451 e. The molecule has 23 heavy (non-hydrogen) atoms. The van der Waals surface area contributed by atoms with E-state index in [0.717, 1.165) is 4.57 Å². The maximum absolute atomic E-state index is 12.8. The Balaban J connectivity index is 1.89. The van der Waals surface area contributed by atoms with Crippen molar-refractivity contribution in [1.82, 2.24) is 24.7 Å². The normalized spacial score (nSPS) is 14.6. The Morgan fingerprint density at radius 3 is 2.26 bits per heavy atom. The van der Waals surface area contributed by atoms with Crippen molar-refractivity contribution in [3.05, 3.63) is 17.7 Å². The summed E-state index contributed by atoms with van der Waals surface area (Å²) in [5.41, 5.74) is 0. The Bertz CT molecular complexity index is 695. The van der Waals surface area contributed by atoms with E-state index < -0.39 is 12.0 Å². The third-order valence-electron chi connectivity index (χ3n) is 3.38. The standard InChI is InChI=1S/C12H13F3N6O2/c1-22-8-5-9(23-2)17-11(16-8)20-3-4-21-7(6-20)18-19-10(21)12(13,14)15/h5H,3-4,6H2,1-2H3. The molecule has 0 saturated carbocycles. The predicted molar refractivity (Wildman–Crippen MR) is 71.2 cm³/mol. The van der Waals surface area contributed by atoms with Gasteiger partial charge in [0.15, 0.2) is 5.82 Å². The number of rotatable bonds is 3. The van der Waals surface area contributed by atoms with Crippen molar-refractivity contribution in [3.8, 4) is 11.8 Å². The molecule has 1 aliphatic heterocycles. The molecule has 0 amide bonds. The number of nitrogens with zero attached hydrogens (tertiary/aromatic N) is 6. The lowest BCUT2D eigenvalue weighted by Gasteiger charge is -2.28. The average Bonchev–Trinajstić information content (AvgIpc) is 2.97. The fraction of sp³-hybridized carbons (Fsp3) is 0.500. The summed E-state index contributed by atoms with van der Waals surface area (Å²) in [7, 11) is 2.90. The van der Waals surface area contributed by atoms with E-state index in [2.05, 4.69) is 20.2 Å². The van der Waals surface area contributed by atoms with Gasteiger partial charge < -0.3 is 18.9 Å². The highest BCUT2D eigenvalue weighted by Gasteiger charge is 2.39. The quantitative estimate of drug-likeness (QED) is 0.834. The lowest BCUT2D eigenvalue weighted by Crippen LogP contribution is -2.36. The topological polar surface area (TPSA) is 78.2 Å². The monoisotopic (exact) mass is 330 g/mol. The molecule has 2 aromatic heterocycles. The maximum Gasteiger partial charge on any atom is 0.451 e. The molecule has 3 heterocycles. The molecular formula is C12H13F3N6O2. The minimum atomic E-state index is -4.52. The largest absolute Gasteiger partial charge is 0.481 e. The van der Waals surface area contributed by atoms with Crippen molar-refractivity contribution in [2.75, 3.05) is 25.7 Å². The van der Waals surface area contributed by atoms with E-state index in [-0.39, 0.29) is 25.5 Å². The SMILES string of the molecule is COc1cc(OC)nc(N2CCn3c(nnc3C(F)(F)F)C2)n1. The van der Waals surface area contributed by atoms with E-state index in [1.807, 2.05) is 0 Å². The van der Waals surface area contributed by atoms with E-state index in [1.54, 1.807) is 4.90 Å². The summed E-state index contributed by atoms with van der Waals surface area (Å²) in [5, 5.41) is 6.85. The van der Waals surface area contributed by atoms with Gasteiger partial charge in [-0.25, -0.2) is 0 Å². The molecule has 0 bridgehead atoms. The number of ether oxygens (including phenoxy) is 2. The number of methoxy groups -OCH3 is 2. The van der Waals surface area contributed by atoms with Crippen molar-refractivity contribution < 1.29 is 22.6 Å². The van der Waals surface area contributed by atoms with Crippen molar-refractivity contribution >= 4 is 5.95 Å². The lowest BCUT2D eigenvalue weighted by molar-refractivity contribution is -0.147. The summed E-state index contributed by atoms with van der Waals surface area (Å²) in [4.78, 5) is 10.1. The van der Waals surface area contributed by atoms with Crippen molar-refractivity contribution in [2.45, 2.75) is 19.3 Å². The van der Waals surface area contributed by atoms with Gasteiger partial charge in [0.2, 0.25) is 23.5 Å². The van der Waals surface area contributed by atoms with E-state index in [9.17, 15) is 13.2 Å². The molecule has 3 rings (SSSR count). The number of halogens is 3. The summed E-state index contributed by atoms with van der Waals surface area (Å²) < 4.78 is 49.7. The number of hydrogen-bond acceptors (Lipinski definition) is 7. The molecule has 0 aromatic carbocycles. The van der Waals surface area contributed by atoms with Crippen LogP contribution in [0.2, 0.25) is 0 Å². The molecule has 0 N–H and O–H groups in total. The van der Waals surface area contributed by atoms with Crippen LogP contribution in [0.1, 0.15) is 11.6 Å². The fourth-order valence-corrected chi connectivity index (χ4v) is 2.28. The van der Waals surface area contributed by atoms with Crippen LogP contribution in [0.5, 0.6) is 11.8 Å². The summed E-state index contributed by atoms with van der Waals surface area (Å²) >= 11 is 0. The zero-order valence-corrected chi connectivity index (χ0v) is 12.3. The van der Waals surface area contributed by atoms with Crippen molar-refractivity contribution in [3.63, 3.8) is 0 Å². The first-order valence-electron chi connectivity index (χ1n) is 6.63. The zero-order chi connectivity index (χ0) is 16.6. The minimum absolute atomic E-state index is 0.0834. The van der Waals surface area contributed by atoms with Crippen LogP contribution in [0.15, 0.2) is 6.07 Å². The molecular weight excluding hydrogens is 317 g/mol. The summed E-state index contributed by atoms with van der Waals surface area (Å²) in [6, 6.07) is 1.51. The van der Waals surface area contributed by atoms with Gasteiger partial charge in [0.25, 0.3) is 0 Å². The first-order chi connectivity index (χ1) is 10.9. The van der Waals surface area contributed by atoms with E-state index in [4.69, 9.17) is 9.47 Å². The predicted octanol–water partition coefficient (Wildman–Crippen LogP) is 1.12. The average molecular weight is 330 g/mol. The summed E-state index contributed by atoms with van der Waals surface area (Å²) in [5.74, 6) is 0.110. The van der Waals surface area contributed by atoms with Gasteiger partial charge in [0.1, 0.15) is 0 Å². The molecule has 0 atom stereocenters. The molecule has 0 saturated heterocycles. The van der Waals surface area contributed by atoms with Gasteiger partial charge in [-0.1, -0.05) is 0 Å². The third kappa shape index (κ3) is 2.85. The van der Waals surface area contributed by atoms with Crippen LogP contribution in [-0.2, 0) is 19.3 Å². The number of fused-ring (bicyclic) bond motifs is 1. The van der Waals surface area contributed by atoms with Gasteiger partial charge in [-0.3, -0.25) is 0 Å². The number of alkyl halides is 3. The fourth-order valence-electron chi connectivity index (χ4n) is 2.28. The highest BCUT2D eigenvalue weighted by atomic mass is 19.4. The number of aromatic nitrogens is 5. The first-order valence-corrected chi connectivity index (χ1v) is 6.63. The van der Waals surface area contributed by atoms with Gasteiger partial charge in [0.05, 0.1) is 26.8 Å². The molecule has 124 valence electrons. The first kappa shape index (κ1) is 15.3. The van der Waals surface area contributed by atoms with Gasteiger partial charge in [-0.2, -0.15) is 23.1 Å². The Hall–Kier alpha value is -2.59. The molecule has 11 heteroatoms. The molecule has 0 unspecified atom stereocenters. The second-order valence-corrected chi connectivity index (χ2v) is 4.76. The molecule has 0 spiro atoms. The Morgan fingerprint density at radius 1 is 1.04 bits per heavy atom. The van der Waals surface area contributed by atoms with Gasteiger partial charge in [-0.05, 0) is 0 Å². The van der Waals surface area contributed by atoms with Gasteiger partial charge >= 0.3 is 6.18 Å². The Morgan fingerprint density at radius 2 is 1.70 bits per heavy atom. The van der Waals surface area contributed by atoms with Crippen LogP contribution in [0, 0.1) is 0 Å². The highest BCUT2D eigenvalue weighted by Crippen LogP contribution is 2.30. The van der Waals surface area contributed by atoms with Crippen LogP contribution in [0.25, 0.3) is 0 Å². The summed E-state index contributed by atoms with van der Waals surface area (Å²) in [6.07, 6.45) is -4.52. The van der Waals surface area contributed by atoms with Crippen molar-refractivity contribution in [2.24, 2.45) is 0 Å². The van der Waals surface area contributed by atoms with Crippen LogP contribution in [0.4, 0.5) is 19.1 Å². The molecule has 8 nitrogen and oxygen atoms in total. The Kier molecular flexibility index (Phi) is 3.70. The lowest BCUT2D eigenvalue weighted by atomic mass is 10.3. The molecule has 0 aliphatic carbocycles. The van der Waals surface area contributed by atoms with E-state index in [1.165, 1.54) is 20.3 Å². The molecule has 1 aliphatic rings. The minimum Gasteiger partial charge on any atom is -0.481 e. The Labute approximate surface area is 128 Å². The number of anilines is 1. The highest BCUT2D eigenvalue weighted by molar-refractivity contribution is 5.37. The van der Waals surface area contributed by atoms with Crippen LogP contribution in [-0.4, -0.2) is 45.5 Å². The second kappa shape index (κ2) is 5.56. The van der Waals surface area contributed by atoms with Crippen molar-refractivity contribution in [1.29, 1.82) is 0 Å². The summed E-state index contributed by atoms with van der Waals surface area (Å²) in [6.45, 7) is 0.476. The van der Waals surface area contributed by atoms with Gasteiger partial charge in [-0.15, -0.1) is 10.2 Å². The van der Waals surface area contributed by atoms with Gasteiger partial charge in [0, 0.05) is 13.1 Å². The molecule has 0 fully saturated rings. The van der Waals surface area contributed by atoms with E-state index >= 15 is 0 Å². The maximum atomic E-state index is 12.8. The second-order valence-electron chi connectivity index (χ2n) is 4.76. The molecule has 2 aromatic rings. The van der Waals surface area contributed by atoms with Crippen LogP contribution in [0.3, 0.4) is 0 Å². The van der Waals surface area contributed by atoms with Crippen LogP contribution >= 0.6 is 0 Å². The number of hydrogen-bond donors (Lipinski definition) is 0. The van der Waals surface area contributed by atoms with Crippen LogP contribution < -0.4 is 14.4 Å². The zero-order valence-electron chi connectivity index (χ0n) is 12.3. The van der Waals surface area contributed by atoms with E-state index in [0.29, 0.717) is 17.7 Å². The third-order valence-corrected chi connectivity index (χ3v) is 3.38.